The highest BCUT2D eigenvalue weighted by molar-refractivity contribution is 5.93. The van der Waals surface area contributed by atoms with Gasteiger partial charge < -0.3 is 14.5 Å². The second-order valence-electron chi connectivity index (χ2n) is 4.20. The molecule has 2 heterocycles. The zero-order valence-corrected chi connectivity index (χ0v) is 11.3. The molecular weight excluding hydrogens is 246 g/mol. The first-order valence-electron chi connectivity index (χ1n) is 6.00. The highest BCUT2D eigenvalue weighted by atomic mass is 16.5. The van der Waals surface area contributed by atoms with Crippen molar-refractivity contribution >= 4 is 5.91 Å². The van der Waals surface area contributed by atoms with Gasteiger partial charge >= 0.3 is 0 Å². The molecule has 0 aromatic carbocycles. The first kappa shape index (κ1) is 13.4. The van der Waals surface area contributed by atoms with Gasteiger partial charge in [-0.05, 0) is 19.1 Å². The molecule has 2 aromatic rings. The highest BCUT2D eigenvalue weighted by Crippen LogP contribution is 2.21. The van der Waals surface area contributed by atoms with E-state index in [1.807, 2.05) is 19.1 Å². The Kier molecular flexibility index (Phi) is 4.01. The second-order valence-corrected chi connectivity index (χ2v) is 4.20. The second kappa shape index (κ2) is 5.71. The number of furan rings is 1. The van der Waals surface area contributed by atoms with E-state index in [9.17, 15) is 4.79 Å². The maximum atomic E-state index is 11.9. The minimum absolute atomic E-state index is 0.179. The number of carbonyl (C=O) groups excluding carboxylic acids is 1. The van der Waals surface area contributed by atoms with E-state index in [1.165, 1.54) is 4.68 Å². The van der Waals surface area contributed by atoms with Gasteiger partial charge in [-0.2, -0.15) is 5.10 Å². The fraction of sp³-hybridized carbons (Fsp3) is 0.385. The normalized spacial score (nSPS) is 10.7. The van der Waals surface area contributed by atoms with Gasteiger partial charge in [-0.1, -0.05) is 0 Å². The number of ether oxygens (including phenoxy) is 1. The summed E-state index contributed by atoms with van der Waals surface area (Å²) in [6.45, 7) is 2.81. The van der Waals surface area contributed by atoms with Gasteiger partial charge in [0.1, 0.15) is 17.1 Å². The Balaban J connectivity index is 2.14. The molecule has 0 fully saturated rings. The quantitative estimate of drug-likeness (QED) is 0.827. The van der Waals surface area contributed by atoms with E-state index >= 15 is 0 Å². The van der Waals surface area contributed by atoms with Crippen LogP contribution in [-0.2, 0) is 11.8 Å². The van der Waals surface area contributed by atoms with E-state index < -0.39 is 0 Å². The van der Waals surface area contributed by atoms with Crippen LogP contribution < -0.4 is 5.32 Å². The summed E-state index contributed by atoms with van der Waals surface area (Å²) >= 11 is 0. The minimum atomic E-state index is -0.179. The van der Waals surface area contributed by atoms with Gasteiger partial charge in [-0.3, -0.25) is 9.48 Å². The van der Waals surface area contributed by atoms with E-state index in [1.54, 1.807) is 20.2 Å². The van der Waals surface area contributed by atoms with Gasteiger partial charge in [0.25, 0.3) is 5.91 Å². The molecule has 0 aliphatic heterocycles. The summed E-state index contributed by atoms with van der Waals surface area (Å²) in [6.07, 6.45) is 0. The molecule has 0 bridgehead atoms. The predicted molar refractivity (Wildman–Crippen MR) is 69.9 cm³/mol. The molecule has 2 rings (SSSR count). The Hall–Kier alpha value is -2.08. The lowest BCUT2D eigenvalue weighted by Gasteiger charge is -2.03. The standard InChI is InChI=1S/C13H17N3O3/c1-9-4-5-12(19-9)10-8-11(16(2)15-10)13(17)14-6-7-18-3/h4-5,8H,6-7H2,1-3H3,(H,14,17). The number of amides is 1. The molecule has 0 spiro atoms. The number of aromatic nitrogens is 2. The number of aryl methyl sites for hydroxylation is 2. The third kappa shape index (κ3) is 3.03. The molecule has 2 aromatic heterocycles. The largest absolute Gasteiger partial charge is 0.460 e. The number of hydrogen-bond acceptors (Lipinski definition) is 4. The average molecular weight is 263 g/mol. The number of nitrogens with one attached hydrogen (secondary N) is 1. The highest BCUT2D eigenvalue weighted by Gasteiger charge is 2.15. The van der Waals surface area contributed by atoms with Crippen molar-refractivity contribution in [2.45, 2.75) is 6.92 Å². The van der Waals surface area contributed by atoms with Crippen LogP contribution in [0.1, 0.15) is 16.2 Å². The van der Waals surface area contributed by atoms with Gasteiger partial charge in [0.15, 0.2) is 5.76 Å². The zero-order valence-electron chi connectivity index (χ0n) is 11.3. The summed E-state index contributed by atoms with van der Waals surface area (Å²) in [6, 6.07) is 5.41. The van der Waals surface area contributed by atoms with Crippen LogP contribution in [0, 0.1) is 6.92 Å². The molecule has 19 heavy (non-hydrogen) atoms. The van der Waals surface area contributed by atoms with Gasteiger partial charge in [-0.25, -0.2) is 0 Å². The Bertz CT molecular complexity index is 571. The van der Waals surface area contributed by atoms with Crippen LogP contribution in [0.15, 0.2) is 22.6 Å². The van der Waals surface area contributed by atoms with E-state index in [0.717, 1.165) is 5.76 Å². The molecule has 1 N–H and O–H groups in total. The maximum absolute atomic E-state index is 11.9. The molecule has 0 aliphatic rings. The Morgan fingerprint density at radius 2 is 2.32 bits per heavy atom. The first-order chi connectivity index (χ1) is 9.11. The fourth-order valence-corrected chi connectivity index (χ4v) is 1.73. The van der Waals surface area contributed by atoms with Crippen molar-refractivity contribution in [1.29, 1.82) is 0 Å². The lowest BCUT2D eigenvalue weighted by atomic mass is 10.3. The van der Waals surface area contributed by atoms with E-state index in [-0.39, 0.29) is 5.91 Å². The third-order valence-corrected chi connectivity index (χ3v) is 2.70. The summed E-state index contributed by atoms with van der Waals surface area (Å²) < 4.78 is 11.9. The van der Waals surface area contributed by atoms with Crippen LogP contribution in [0.2, 0.25) is 0 Å². The summed E-state index contributed by atoms with van der Waals surface area (Å²) in [5.74, 6) is 1.29. The predicted octanol–water partition coefficient (Wildman–Crippen LogP) is 1.36. The van der Waals surface area contributed by atoms with Crippen molar-refractivity contribution in [3.8, 4) is 11.5 Å². The van der Waals surface area contributed by atoms with Gasteiger partial charge in [0, 0.05) is 26.8 Å². The molecule has 6 nitrogen and oxygen atoms in total. The molecule has 0 saturated heterocycles. The van der Waals surface area contributed by atoms with Gasteiger partial charge in [0.2, 0.25) is 0 Å². The van der Waals surface area contributed by atoms with Crippen LogP contribution in [0.4, 0.5) is 0 Å². The molecule has 102 valence electrons. The Morgan fingerprint density at radius 1 is 1.53 bits per heavy atom. The smallest absolute Gasteiger partial charge is 0.269 e. The van der Waals surface area contributed by atoms with Crippen LogP contribution in [0.3, 0.4) is 0 Å². The molecule has 0 atom stereocenters. The van der Waals surface area contributed by atoms with Crippen molar-refractivity contribution in [1.82, 2.24) is 15.1 Å². The van der Waals surface area contributed by atoms with Gasteiger partial charge in [-0.15, -0.1) is 0 Å². The lowest BCUT2D eigenvalue weighted by Crippen LogP contribution is -2.28. The topological polar surface area (TPSA) is 69.3 Å². The number of hydrogen-bond donors (Lipinski definition) is 1. The SMILES string of the molecule is COCCNC(=O)c1cc(-c2ccc(C)o2)nn1C. The van der Waals surface area contributed by atoms with Crippen LogP contribution in [-0.4, -0.2) is 35.9 Å². The van der Waals surface area contributed by atoms with Crippen molar-refractivity contribution in [2.75, 3.05) is 20.3 Å². The summed E-state index contributed by atoms with van der Waals surface area (Å²) in [4.78, 5) is 11.9. The molecule has 6 heteroatoms. The summed E-state index contributed by atoms with van der Waals surface area (Å²) in [5, 5.41) is 7.03. The zero-order chi connectivity index (χ0) is 13.8. The van der Waals surface area contributed by atoms with Crippen LogP contribution >= 0.6 is 0 Å². The average Bonchev–Trinajstić information content (AvgIpc) is 2.95. The number of methoxy groups -OCH3 is 1. The van der Waals surface area contributed by atoms with Crippen molar-refractivity contribution in [3.63, 3.8) is 0 Å². The van der Waals surface area contributed by atoms with E-state index in [0.29, 0.717) is 30.3 Å². The van der Waals surface area contributed by atoms with E-state index in [4.69, 9.17) is 9.15 Å². The molecular formula is C13H17N3O3. The molecule has 0 saturated carbocycles. The summed E-state index contributed by atoms with van der Waals surface area (Å²) in [7, 11) is 3.32. The maximum Gasteiger partial charge on any atom is 0.269 e. The van der Waals surface area contributed by atoms with Gasteiger partial charge in [0.05, 0.1) is 6.61 Å². The van der Waals surface area contributed by atoms with E-state index in [2.05, 4.69) is 10.4 Å². The molecule has 0 unspecified atom stereocenters. The molecule has 0 radical (unpaired) electrons. The van der Waals surface area contributed by atoms with Crippen LogP contribution in [0.5, 0.6) is 0 Å². The Labute approximate surface area is 111 Å². The first-order valence-corrected chi connectivity index (χ1v) is 6.00. The minimum Gasteiger partial charge on any atom is -0.460 e. The molecule has 1 amide bonds. The lowest BCUT2D eigenvalue weighted by molar-refractivity contribution is 0.0927. The number of nitrogens with zero attached hydrogens (tertiary/aromatic N) is 2. The summed E-state index contributed by atoms with van der Waals surface area (Å²) in [5.41, 5.74) is 1.13. The van der Waals surface area contributed by atoms with Crippen molar-refractivity contribution in [3.05, 3.63) is 29.7 Å². The van der Waals surface area contributed by atoms with Crippen molar-refractivity contribution in [2.24, 2.45) is 7.05 Å². The number of rotatable bonds is 5. The van der Waals surface area contributed by atoms with Crippen LogP contribution in [0.25, 0.3) is 11.5 Å². The monoisotopic (exact) mass is 263 g/mol. The van der Waals surface area contributed by atoms with Crippen molar-refractivity contribution < 1.29 is 13.9 Å². The molecule has 0 aliphatic carbocycles. The number of carbonyl (C=O) groups is 1. The fourth-order valence-electron chi connectivity index (χ4n) is 1.73. The third-order valence-electron chi connectivity index (χ3n) is 2.70. The Morgan fingerprint density at radius 3 is 2.95 bits per heavy atom.